The molecule has 0 aliphatic rings. The second-order valence-corrected chi connectivity index (χ2v) is 5.03. The molecule has 110 valence electrons. The predicted molar refractivity (Wildman–Crippen MR) is 80.1 cm³/mol. The lowest BCUT2D eigenvalue weighted by Gasteiger charge is -2.24. The van der Waals surface area contributed by atoms with Gasteiger partial charge in [-0.05, 0) is 12.0 Å². The maximum absolute atomic E-state index is 12.2. The monoisotopic (exact) mass is 276 g/mol. The van der Waals surface area contributed by atoms with Crippen LogP contribution in [0.15, 0.2) is 30.3 Å². The number of carbonyl (C=O) groups excluding carboxylic acids is 2. The second kappa shape index (κ2) is 8.35. The van der Waals surface area contributed by atoms with Gasteiger partial charge >= 0.3 is 0 Å². The summed E-state index contributed by atoms with van der Waals surface area (Å²) in [5, 5.41) is 0. The molecular weight excluding hydrogens is 252 g/mol. The number of benzene rings is 1. The van der Waals surface area contributed by atoms with Gasteiger partial charge in [0.15, 0.2) is 0 Å². The molecular formula is C16H24N2O2. The van der Waals surface area contributed by atoms with E-state index in [1.54, 1.807) is 16.8 Å². The number of rotatable bonds is 7. The quantitative estimate of drug-likeness (QED) is 0.766. The minimum atomic E-state index is -0.0417. The van der Waals surface area contributed by atoms with Gasteiger partial charge in [0.05, 0.1) is 6.54 Å². The van der Waals surface area contributed by atoms with Crippen LogP contribution in [-0.2, 0) is 16.1 Å². The van der Waals surface area contributed by atoms with Crippen LogP contribution in [0.1, 0.15) is 32.3 Å². The molecule has 0 unspecified atom stereocenters. The highest BCUT2D eigenvalue weighted by Gasteiger charge is 2.16. The SMILES string of the molecule is CCCCN(CC(=O)N(C)Cc1ccccc1)C(C)=O. The Hall–Kier alpha value is -1.84. The summed E-state index contributed by atoms with van der Waals surface area (Å²) in [6.45, 7) is 4.97. The second-order valence-electron chi connectivity index (χ2n) is 5.03. The van der Waals surface area contributed by atoms with Gasteiger partial charge in [0.1, 0.15) is 0 Å². The highest BCUT2D eigenvalue weighted by atomic mass is 16.2. The van der Waals surface area contributed by atoms with Gasteiger partial charge in [-0.25, -0.2) is 0 Å². The number of likely N-dealkylation sites (N-methyl/N-ethyl adjacent to an activating group) is 1. The Labute approximate surface area is 121 Å². The molecule has 0 bridgehead atoms. The van der Waals surface area contributed by atoms with Crippen LogP contribution in [0, 0.1) is 0 Å². The molecule has 0 aliphatic carbocycles. The number of hydrogen-bond donors (Lipinski definition) is 0. The first-order valence-electron chi connectivity index (χ1n) is 7.08. The van der Waals surface area contributed by atoms with E-state index in [9.17, 15) is 9.59 Å². The Bertz CT molecular complexity index is 431. The van der Waals surface area contributed by atoms with Crippen molar-refractivity contribution in [2.24, 2.45) is 0 Å². The zero-order chi connectivity index (χ0) is 15.0. The van der Waals surface area contributed by atoms with Crippen LogP contribution >= 0.6 is 0 Å². The van der Waals surface area contributed by atoms with Crippen LogP contribution in [-0.4, -0.2) is 41.8 Å². The molecule has 2 amide bonds. The van der Waals surface area contributed by atoms with Gasteiger partial charge in [-0.1, -0.05) is 43.7 Å². The van der Waals surface area contributed by atoms with Gasteiger partial charge in [0.25, 0.3) is 0 Å². The summed E-state index contributed by atoms with van der Waals surface area (Å²) in [5.74, 6) is -0.0694. The average Bonchev–Trinajstić information content (AvgIpc) is 2.43. The lowest BCUT2D eigenvalue weighted by Crippen LogP contribution is -2.40. The summed E-state index contributed by atoms with van der Waals surface area (Å²) in [6.07, 6.45) is 1.94. The Morgan fingerprint density at radius 2 is 1.80 bits per heavy atom. The summed E-state index contributed by atoms with van der Waals surface area (Å²) in [7, 11) is 1.77. The molecule has 0 N–H and O–H groups in total. The molecule has 0 heterocycles. The molecule has 0 aromatic heterocycles. The van der Waals surface area contributed by atoms with E-state index in [0.29, 0.717) is 13.1 Å². The van der Waals surface area contributed by atoms with Crippen molar-refractivity contribution in [2.45, 2.75) is 33.2 Å². The third-order valence-electron chi connectivity index (χ3n) is 3.24. The fraction of sp³-hybridized carbons (Fsp3) is 0.500. The molecule has 0 atom stereocenters. The molecule has 0 saturated heterocycles. The van der Waals surface area contributed by atoms with E-state index >= 15 is 0 Å². The third kappa shape index (κ3) is 5.43. The predicted octanol–water partition coefficient (Wildman–Crippen LogP) is 2.29. The smallest absolute Gasteiger partial charge is 0.242 e. The minimum absolute atomic E-state index is 0.0276. The number of nitrogens with zero attached hydrogens (tertiary/aromatic N) is 2. The maximum Gasteiger partial charge on any atom is 0.242 e. The van der Waals surface area contributed by atoms with Crippen LogP contribution in [0.4, 0.5) is 0 Å². The Morgan fingerprint density at radius 1 is 1.15 bits per heavy atom. The van der Waals surface area contributed by atoms with Crippen molar-refractivity contribution in [1.82, 2.24) is 9.80 Å². The lowest BCUT2D eigenvalue weighted by molar-refractivity contribution is -0.139. The summed E-state index contributed by atoms with van der Waals surface area (Å²) in [6, 6.07) is 9.84. The Morgan fingerprint density at radius 3 is 2.35 bits per heavy atom. The standard InChI is InChI=1S/C16H24N2O2/c1-4-5-11-18(14(2)19)13-16(20)17(3)12-15-9-7-6-8-10-15/h6-10H,4-5,11-13H2,1-3H3. The fourth-order valence-corrected chi connectivity index (χ4v) is 1.93. The number of amides is 2. The molecule has 20 heavy (non-hydrogen) atoms. The van der Waals surface area contributed by atoms with E-state index in [1.165, 1.54) is 6.92 Å². The van der Waals surface area contributed by atoms with Crippen LogP contribution < -0.4 is 0 Å². The molecule has 1 rings (SSSR count). The molecule has 1 aromatic carbocycles. The number of carbonyl (C=O) groups is 2. The molecule has 4 nitrogen and oxygen atoms in total. The molecule has 0 saturated carbocycles. The van der Waals surface area contributed by atoms with E-state index < -0.39 is 0 Å². The third-order valence-corrected chi connectivity index (χ3v) is 3.24. The lowest BCUT2D eigenvalue weighted by atomic mass is 10.2. The van der Waals surface area contributed by atoms with Crippen LogP contribution in [0.5, 0.6) is 0 Å². The minimum Gasteiger partial charge on any atom is -0.340 e. The number of hydrogen-bond acceptors (Lipinski definition) is 2. The first-order valence-corrected chi connectivity index (χ1v) is 7.08. The number of unbranched alkanes of at least 4 members (excludes halogenated alkanes) is 1. The van der Waals surface area contributed by atoms with Crippen molar-refractivity contribution in [2.75, 3.05) is 20.1 Å². The molecule has 1 aromatic rings. The summed E-state index contributed by atoms with van der Waals surface area (Å²) >= 11 is 0. The molecule has 0 spiro atoms. The van der Waals surface area contributed by atoms with Gasteiger partial charge in [0.2, 0.25) is 11.8 Å². The van der Waals surface area contributed by atoms with Gasteiger partial charge in [-0.2, -0.15) is 0 Å². The molecule has 0 fully saturated rings. The van der Waals surface area contributed by atoms with Crippen molar-refractivity contribution >= 4 is 11.8 Å². The summed E-state index contributed by atoms with van der Waals surface area (Å²) < 4.78 is 0. The highest BCUT2D eigenvalue weighted by molar-refractivity contribution is 5.83. The van der Waals surface area contributed by atoms with Crippen LogP contribution in [0.25, 0.3) is 0 Å². The van der Waals surface area contributed by atoms with Crippen LogP contribution in [0.2, 0.25) is 0 Å². The van der Waals surface area contributed by atoms with Crippen molar-refractivity contribution in [3.05, 3.63) is 35.9 Å². The molecule has 0 aliphatic heterocycles. The summed E-state index contributed by atoms with van der Waals surface area (Å²) in [5.41, 5.74) is 1.09. The Kier molecular flexibility index (Phi) is 6.77. The van der Waals surface area contributed by atoms with E-state index in [-0.39, 0.29) is 18.4 Å². The largest absolute Gasteiger partial charge is 0.340 e. The van der Waals surface area contributed by atoms with Crippen molar-refractivity contribution in [3.8, 4) is 0 Å². The average molecular weight is 276 g/mol. The highest BCUT2D eigenvalue weighted by Crippen LogP contribution is 2.04. The van der Waals surface area contributed by atoms with Gasteiger partial charge < -0.3 is 9.80 Å². The Balaban J connectivity index is 2.53. The zero-order valence-electron chi connectivity index (χ0n) is 12.6. The van der Waals surface area contributed by atoms with Crippen LogP contribution in [0.3, 0.4) is 0 Å². The van der Waals surface area contributed by atoms with Gasteiger partial charge in [0, 0.05) is 27.1 Å². The van der Waals surface area contributed by atoms with E-state index in [4.69, 9.17) is 0 Å². The summed E-state index contributed by atoms with van der Waals surface area (Å²) in [4.78, 5) is 27.0. The molecule has 4 heteroatoms. The first-order chi connectivity index (χ1) is 9.54. The van der Waals surface area contributed by atoms with Gasteiger partial charge in [-0.3, -0.25) is 9.59 Å². The molecule has 0 radical (unpaired) electrons. The zero-order valence-corrected chi connectivity index (χ0v) is 12.6. The topological polar surface area (TPSA) is 40.6 Å². The van der Waals surface area contributed by atoms with Crippen molar-refractivity contribution < 1.29 is 9.59 Å². The van der Waals surface area contributed by atoms with E-state index in [0.717, 1.165) is 18.4 Å². The van der Waals surface area contributed by atoms with E-state index in [1.807, 2.05) is 30.3 Å². The van der Waals surface area contributed by atoms with E-state index in [2.05, 4.69) is 6.92 Å². The van der Waals surface area contributed by atoms with Crippen molar-refractivity contribution in [3.63, 3.8) is 0 Å². The van der Waals surface area contributed by atoms with Crippen molar-refractivity contribution in [1.29, 1.82) is 0 Å². The maximum atomic E-state index is 12.2. The normalized spacial score (nSPS) is 10.2. The fourth-order valence-electron chi connectivity index (χ4n) is 1.93. The first kappa shape index (κ1) is 16.2. The van der Waals surface area contributed by atoms with Gasteiger partial charge in [-0.15, -0.1) is 0 Å².